The largest absolute Gasteiger partial charge is 0.493 e. The highest BCUT2D eigenvalue weighted by Gasteiger charge is 2.24. The van der Waals surface area contributed by atoms with Gasteiger partial charge in [-0.05, 0) is 32.0 Å². The lowest BCUT2D eigenvalue weighted by Crippen LogP contribution is -2.32. The molecule has 0 saturated heterocycles. The third-order valence-electron chi connectivity index (χ3n) is 5.16. The van der Waals surface area contributed by atoms with Gasteiger partial charge in [-0.1, -0.05) is 41.4 Å². The molecule has 2 rings (SSSR count). The van der Waals surface area contributed by atoms with Crippen molar-refractivity contribution in [3.05, 3.63) is 47.0 Å². The van der Waals surface area contributed by atoms with E-state index in [4.69, 9.17) is 31.8 Å². The summed E-state index contributed by atoms with van der Waals surface area (Å²) in [4.78, 5) is 0.161. The number of methoxy groups -OCH3 is 3. The van der Waals surface area contributed by atoms with Gasteiger partial charge < -0.3 is 18.9 Å². The Labute approximate surface area is 208 Å². The van der Waals surface area contributed by atoms with E-state index in [0.29, 0.717) is 28.4 Å². The van der Waals surface area contributed by atoms with Crippen LogP contribution >= 0.6 is 0 Å². The molecule has 0 aliphatic carbocycles. The Balaban J connectivity index is 2.16. The fourth-order valence-corrected chi connectivity index (χ4v) is 4.54. The number of nitrogens with zero attached hydrogens (tertiary/aromatic N) is 1. The standard InChI is InChI=1S/C27H29NO6S/c1-8-16-28(35(29,30)22-14-12-20(3)13-15-22)17-10-11-18-34-21(4)24-19-25(31-5)27(33-7)26(32-6)23(24)9-2/h1-2,12-15,19,21H,16-18H2,3-7H3/t21-/m0/s1. The van der Waals surface area contributed by atoms with Crippen molar-refractivity contribution in [2.45, 2.75) is 24.8 Å². The molecule has 0 unspecified atom stereocenters. The quantitative estimate of drug-likeness (QED) is 0.471. The molecule has 184 valence electrons. The van der Waals surface area contributed by atoms with Gasteiger partial charge in [-0.25, -0.2) is 8.42 Å². The molecule has 0 aliphatic rings. The second kappa shape index (κ2) is 12.7. The van der Waals surface area contributed by atoms with E-state index in [-0.39, 0.29) is 24.6 Å². The summed E-state index contributed by atoms with van der Waals surface area (Å²) in [5.74, 6) is 11.9. The van der Waals surface area contributed by atoms with Crippen LogP contribution in [0.4, 0.5) is 0 Å². The average Bonchev–Trinajstić information content (AvgIpc) is 2.86. The number of aryl methyl sites for hydroxylation is 1. The van der Waals surface area contributed by atoms with Crippen LogP contribution < -0.4 is 14.2 Å². The molecule has 7 nitrogen and oxygen atoms in total. The van der Waals surface area contributed by atoms with Crippen LogP contribution in [0, 0.1) is 43.5 Å². The summed E-state index contributed by atoms with van der Waals surface area (Å²) in [5, 5.41) is 0. The fraction of sp³-hybridized carbons (Fsp3) is 0.333. The molecule has 0 bridgehead atoms. The van der Waals surface area contributed by atoms with E-state index >= 15 is 0 Å². The van der Waals surface area contributed by atoms with Gasteiger partial charge in [0.15, 0.2) is 11.5 Å². The molecule has 0 saturated carbocycles. The molecule has 0 aliphatic heterocycles. The lowest BCUT2D eigenvalue weighted by atomic mass is 10.0. The average molecular weight is 496 g/mol. The second-order valence-electron chi connectivity index (χ2n) is 7.35. The van der Waals surface area contributed by atoms with E-state index in [1.807, 2.05) is 13.8 Å². The molecule has 0 amide bonds. The van der Waals surface area contributed by atoms with Crippen LogP contribution in [-0.2, 0) is 14.8 Å². The Morgan fingerprint density at radius 2 is 1.63 bits per heavy atom. The Morgan fingerprint density at radius 3 is 2.17 bits per heavy atom. The summed E-state index contributed by atoms with van der Waals surface area (Å²) < 4.78 is 49.0. The number of rotatable bonds is 10. The Kier molecular flexibility index (Phi) is 10.1. The van der Waals surface area contributed by atoms with Gasteiger partial charge in [-0.2, -0.15) is 4.31 Å². The molecule has 35 heavy (non-hydrogen) atoms. The van der Waals surface area contributed by atoms with Crippen molar-refractivity contribution >= 4 is 10.0 Å². The van der Waals surface area contributed by atoms with Gasteiger partial charge in [-0.15, -0.1) is 12.8 Å². The van der Waals surface area contributed by atoms with Gasteiger partial charge in [0.1, 0.15) is 6.61 Å². The topological polar surface area (TPSA) is 74.3 Å². The van der Waals surface area contributed by atoms with Gasteiger partial charge in [0.2, 0.25) is 15.8 Å². The maximum Gasteiger partial charge on any atom is 0.244 e. The number of sulfonamides is 1. The van der Waals surface area contributed by atoms with E-state index in [1.54, 1.807) is 30.3 Å². The minimum Gasteiger partial charge on any atom is -0.493 e. The summed E-state index contributed by atoms with van der Waals surface area (Å²) in [6, 6.07) is 8.29. The second-order valence-corrected chi connectivity index (χ2v) is 9.29. The minimum absolute atomic E-state index is 0.0380. The summed E-state index contributed by atoms with van der Waals surface area (Å²) in [6.45, 7) is 3.57. The number of hydrogen-bond donors (Lipinski definition) is 0. The van der Waals surface area contributed by atoms with Crippen molar-refractivity contribution in [2.75, 3.05) is 41.0 Å². The minimum atomic E-state index is -3.77. The normalized spacial score (nSPS) is 11.5. The monoisotopic (exact) mass is 495 g/mol. The summed E-state index contributed by atoms with van der Waals surface area (Å²) in [5.41, 5.74) is 2.10. The molecule has 0 spiro atoms. The van der Waals surface area contributed by atoms with Crippen molar-refractivity contribution in [3.63, 3.8) is 0 Å². The first-order chi connectivity index (χ1) is 16.7. The highest BCUT2D eigenvalue weighted by atomic mass is 32.2. The predicted molar refractivity (Wildman–Crippen MR) is 135 cm³/mol. The zero-order chi connectivity index (χ0) is 26.0. The van der Waals surface area contributed by atoms with Crippen LogP contribution in [0.5, 0.6) is 17.2 Å². The summed E-state index contributed by atoms with van der Waals surface area (Å²) in [7, 11) is 0.732. The third kappa shape index (κ3) is 6.50. The van der Waals surface area contributed by atoms with Crippen LogP contribution in [0.1, 0.15) is 29.7 Å². The number of ether oxygens (including phenoxy) is 4. The van der Waals surface area contributed by atoms with E-state index in [1.165, 1.54) is 21.3 Å². The van der Waals surface area contributed by atoms with E-state index < -0.39 is 16.1 Å². The molecular weight excluding hydrogens is 466 g/mol. The summed E-state index contributed by atoms with van der Waals surface area (Å²) >= 11 is 0. The lowest BCUT2D eigenvalue weighted by Gasteiger charge is -2.20. The molecule has 8 heteroatoms. The SMILES string of the molecule is C#CCN(CC#CCO[C@@H](C)c1cc(OC)c(OC)c(OC)c1C#C)S(=O)(=O)c1ccc(C)cc1. The number of benzene rings is 2. The first-order valence-corrected chi connectivity index (χ1v) is 12.1. The van der Waals surface area contributed by atoms with Gasteiger partial charge in [0.05, 0.1) is 51.0 Å². The molecule has 0 fully saturated rings. The molecule has 0 radical (unpaired) electrons. The first kappa shape index (κ1) is 27.6. The third-order valence-corrected chi connectivity index (χ3v) is 6.96. The molecule has 2 aromatic rings. The highest BCUT2D eigenvalue weighted by Crippen LogP contribution is 2.43. The number of terminal acetylenes is 2. The Bertz CT molecular complexity index is 1270. The van der Waals surface area contributed by atoms with Crippen molar-refractivity contribution in [3.8, 4) is 53.8 Å². The van der Waals surface area contributed by atoms with Gasteiger partial charge in [-0.3, -0.25) is 0 Å². The van der Waals surface area contributed by atoms with Crippen molar-refractivity contribution in [1.29, 1.82) is 0 Å². The van der Waals surface area contributed by atoms with E-state index in [9.17, 15) is 8.42 Å². The zero-order valence-electron chi connectivity index (χ0n) is 20.5. The zero-order valence-corrected chi connectivity index (χ0v) is 21.4. The molecule has 0 heterocycles. The first-order valence-electron chi connectivity index (χ1n) is 10.6. The van der Waals surface area contributed by atoms with Crippen molar-refractivity contribution < 1.29 is 27.4 Å². The van der Waals surface area contributed by atoms with Gasteiger partial charge in [0.25, 0.3) is 0 Å². The Morgan fingerprint density at radius 1 is 0.971 bits per heavy atom. The van der Waals surface area contributed by atoms with Crippen molar-refractivity contribution in [2.24, 2.45) is 0 Å². The summed E-state index contributed by atoms with van der Waals surface area (Å²) in [6.07, 6.45) is 10.7. The smallest absolute Gasteiger partial charge is 0.244 e. The van der Waals surface area contributed by atoms with Crippen molar-refractivity contribution in [1.82, 2.24) is 4.31 Å². The van der Waals surface area contributed by atoms with Crippen LogP contribution in [0.2, 0.25) is 0 Å². The lowest BCUT2D eigenvalue weighted by molar-refractivity contribution is 0.0918. The van der Waals surface area contributed by atoms with Crippen LogP contribution in [0.15, 0.2) is 35.2 Å². The molecular formula is C27H29NO6S. The van der Waals surface area contributed by atoms with Crippen LogP contribution in [-0.4, -0.2) is 53.7 Å². The molecule has 0 aromatic heterocycles. The molecule has 1 atom stereocenters. The van der Waals surface area contributed by atoms with Gasteiger partial charge in [0, 0.05) is 5.56 Å². The highest BCUT2D eigenvalue weighted by molar-refractivity contribution is 7.89. The van der Waals surface area contributed by atoms with E-state index in [0.717, 1.165) is 9.87 Å². The van der Waals surface area contributed by atoms with Crippen LogP contribution in [0.25, 0.3) is 0 Å². The maximum atomic E-state index is 12.9. The van der Waals surface area contributed by atoms with E-state index in [2.05, 4.69) is 23.7 Å². The van der Waals surface area contributed by atoms with Crippen LogP contribution in [0.3, 0.4) is 0 Å². The molecule has 2 aromatic carbocycles. The number of hydrogen-bond acceptors (Lipinski definition) is 6. The van der Waals surface area contributed by atoms with Gasteiger partial charge >= 0.3 is 0 Å². The molecule has 0 N–H and O–H groups in total. The Hall–Kier alpha value is -3.61. The maximum absolute atomic E-state index is 12.9. The predicted octanol–water partition coefficient (Wildman–Crippen LogP) is 3.41. The fourth-order valence-electron chi connectivity index (χ4n) is 3.28.